The number of benzene rings is 1. The third-order valence-electron chi connectivity index (χ3n) is 2.63. The zero-order chi connectivity index (χ0) is 13.0. The zero-order valence-electron chi connectivity index (χ0n) is 10.1. The summed E-state index contributed by atoms with van der Waals surface area (Å²) in [6.45, 7) is 2.07. The Labute approximate surface area is 117 Å². The van der Waals surface area contributed by atoms with Gasteiger partial charge in [-0.25, -0.2) is 4.98 Å². The maximum atomic E-state index is 6.15. The normalized spacial score (nSPS) is 12.4. The molecule has 0 radical (unpaired) electrons. The molecule has 0 bridgehead atoms. The molecule has 0 aliphatic rings. The lowest BCUT2D eigenvalue weighted by atomic mass is 10.1. The van der Waals surface area contributed by atoms with Crippen molar-refractivity contribution in [3.05, 3.63) is 58.7 Å². The fourth-order valence-electron chi connectivity index (χ4n) is 1.56. The largest absolute Gasteiger partial charge is 0.323 e. The second kappa shape index (κ2) is 6.23. The van der Waals surface area contributed by atoms with Crippen LogP contribution >= 0.6 is 23.4 Å². The van der Waals surface area contributed by atoms with Gasteiger partial charge in [0.15, 0.2) is 0 Å². The lowest BCUT2D eigenvalue weighted by Gasteiger charge is -2.12. The van der Waals surface area contributed by atoms with Crippen molar-refractivity contribution >= 4 is 23.4 Å². The molecule has 2 N–H and O–H groups in total. The summed E-state index contributed by atoms with van der Waals surface area (Å²) in [5.41, 5.74) is 8.53. The van der Waals surface area contributed by atoms with E-state index in [9.17, 15) is 0 Å². The van der Waals surface area contributed by atoms with Crippen molar-refractivity contribution < 1.29 is 0 Å². The van der Waals surface area contributed by atoms with Crippen LogP contribution in [0, 0.1) is 6.92 Å². The molecule has 0 aliphatic carbocycles. The van der Waals surface area contributed by atoms with Crippen molar-refractivity contribution in [1.29, 1.82) is 0 Å². The number of halogens is 1. The number of nitrogens with two attached hydrogens (primary N) is 1. The van der Waals surface area contributed by atoms with E-state index in [1.165, 1.54) is 5.56 Å². The molecule has 0 saturated carbocycles. The summed E-state index contributed by atoms with van der Waals surface area (Å²) in [6.07, 6.45) is 1.74. The van der Waals surface area contributed by atoms with Gasteiger partial charge in [-0.15, -0.1) is 11.8 Å². The molecule has 1 unspecified atom stereocenters. The van der Waals surface area contributed by atoms with Gasteiger partial charge in [0, 0.05) is 18.0 Å². The molecule has 2 aromatic rings. The lowest BCUT2D eigenvalue weighted by molar-refractivity contribution is 0.829. The van der Waals surface area contributed by atoms with Gasteiger partial charge in [-0.05, 0) is 24.6 Å². The van der Waals surface area contributed by atoms with E-state index in [-0.39, 0.29) is 6.04 Å². The minimum atomic E-state index is -0.00586. The summed E-state index contributed by atoms with van der Waals surface area (Å²) < 4.78 is 0. The maximum absolute atomic E-state index is 6.15. The van der Waals surface area contributed by atoms with Gasteiger partial charge >= 0.3 is 0 Å². The molecule has 0 spiro atoms. The Morgan fingerprint density at radius 2 is 2.00 bits per heavy atom. The molecule has 4 heteroatoms. The third kappa shape index (κ3) is 3.48. The minimum absolute atomic E-state index is 0.00586. The van der Waals surface area contributed by atoms with Crippen LogP contribution in [0.2, 0.25) is 5.02 Å². The summed E-state index contributed by atoms with van der Waals surface area (Å²) in [6, 6.07) is 12.0. The molecule has 2 rings (SSSR count). The Morgan fingerprint density at radius 3 is 2.67 bits per heavy atom. The molecule has 1 atom stereocenters. The van der Waals surface area contributed by atoms with Gasteiger partial charge in [-0.1, -0.05) is 41.4 Å². The summed E-state index contributed by atoms with van der Waals surface area (Å²) in [5, 5.41) is 1.51. The van der Waals surface area contributed by atoms with Crippen molar-refractivity contribution in [2.24, 2.45) is 5.73 Å². The maximum Gasteiger partial charge on any atom is 0.115 e. The van der Waals surface area contributed by atoms with Crippen LogP contribution in [0.3, 0.4) is 0 Å². The molecule has 0 saturated heterocycles. The Morgan fingerprint density at radius 1 is 1.28 bits per heavy atom. The van der Waals surface area contributed by atoms with Crippen LogP contribution in [0.25, 0.3) is 0 Å². The fraction of sp³-hybridized carbons (Fsp3) is 0.214. The van der Waals surface area contributed by atoms with E-state index in [1.807, 2.05) is 12.1 Å². The molecular formula is C14H15ClN2S. The first-order valence-corrected chi connectivity index (χ1v) is 7.08. The molecule has 0 fully saturated rings. The van der Waals surface area contributed by atoms with Crippen LogP contribution in [0.1, 0.15) is 17.2 Å². The smallest absolute Gasteiger partial charge is 0.115 e. The average molecular weight is 279 g/mol. The summed E-state index contributed by atoms with van der Waals surface area (Å²) in [7, 11) is 0. The van der Waals surface area contributed by atoms with E-state index >= 15 is 0 Å². The van der Waals surface area contributed by atoms with Crippen LogP contribution in [0.4, 0.5) is 0 Å². The van der Waals surface area contributed by atoms with Gasteiger partial charge in [-0.2, -0.15) is 0 Å². The fourth-order valence-corrected chi connectivity index (χ4v) is 2.71. The van der Waals surface area contributed by atoms with E-state index in [0.29, 0.717) is 5.02 Å². The van der Waals surface area contributed by atoms with E-state index in [1.54, 1.807) is 18.0 Å². The highest BCUT2D eigenvalue weighted by molar-refractivity contribution is 7.99. The molecule has 94 valence electrons. The van der Waals surface area contributed by atoms with Gasteiger partial charge in [-0.3, -0.25) is 0 Å². The van der Waals surface area contributed by atoms with Gasteiger partial charge in [0.05, 0.1) is 5.02 Å². The molecule has 1 aromatic carbocycles. The molecule has 0 amide bonds. The number of rotatable bonds is 4. The number of pyridine rings is 1. The topological polar surface area (TPSA) is 38.9 Å². The second-order valence-corrected chi connectivity index (χ2v) is 5.53. The van der Waals surface area contributed by atoms with E-state index < -0.39 is 0 Å². The van der Waals surface area contributed by atoms with E-state index in [0.717, 1.165) is 16.3 Å². The van der Waals surface area contributed by atoms with Crippen LogP contribution in [-0.4, -0.2) is 10.7 Å². The van der Waals surface area contributed by atoms with Gasteiger partial charge in [0.1, 0.15) is 5.03 Å². The number of thioether (sulfide) groups is 1. The number of hydrogen-bond donors (Lipinski definition) is 1. The standard InChI is InChI=1S/C14H15ClN2S/c1-10-4-6-11(7-5-10)13(16)9-18-14-12(15)3-2-8-17-14/h2-8,13H,9,16H2,1H3. The van der Waals surface area contributed by atoms with Crippen LogP contribution in [0.5, 0.6) is 0 Å². The summed E-state index contributed by atoms with van der Waals surface area (Å²) in [5.74, 6) is 0.764. The average Bonchev–Trinajstić information content (AvgIpc) is 2.38. The lowest BCUT2D eigenvalue weighted by Crippen LogP contribution is -2.12. The Bertz CT molecular complexity index is 513. The van der Waals surface area contributed by atoms with Gasteiger partial charge in [0.25, 0.3) is 0 Å². The molecule has 1 heterocycles. The van der Waals surface area contributed by atoms with E-state index in [2.05, 4.69) is 36.2 Å². The van der Waals surface area contributed by atoms with Crippen molar-refractivity contribution in [2.75, 3.05) is 5.75 Å². The minimum Gasteiger partial charge on any atom is -0.323 e. The van der Waals surface area contributed by atoms with E-state index in [4.69, 9.17) is 17.3 Å². The van der Waals surface area contributed by atoms with Gasteiger partial charge < -0.3 is 5.73 Å². The van der Waals surface area contributed by atoms with Crippen molar-refractivity contribution in [1.82, 2.24) is 4.98 Å². The molecule has 1 aromatic heterocycles. The van der Waals surface area contributed by atoms with Crippen LogP contribution < -0.4 is 5.73 Å². The van der Waals surface area contributed by atoms with Crippen LogP contribution in [-0.2, 0) is 0 Å². The van der Waals surface area contributed by atoms with Crippen molar-refractivity contribution in [2.45, 2.75) is 18.0 Å². The first kappa shape index (κ1) is 13.4. The summed E-state index contributed by atoms with van der Waals surface area (Å²) in [4.78, 5) is 4.23. The van der Waals surface area contributed by atoms with Crippen molar-refractivity contribution in [3.8, 4) is 0 Å². The Balaban J connectivity index is 1.98. The quantitative estimate of drug-likeness (QED) is 0.864. The van der Waals surface area contributed by atoms with Crippen molar-refractivity contribution in [3.63, 3.8) is 0 Å². The monoisotopic (exact) mass is 278 g/mol. The van der Waals surface area contributed by atoms with Gasteiger partial charge in [0.2, 0.25) is 0 Å². The number of aryl methyl sites for hydroxylation is 1. The predicted molar refractivity (Wildman–Crippen MR) is 78.1 cm³/mol. The molecule has 0 aliphatic heterocycles. The first-order valence-electron chi connectivity index (χ1n) is 5.72. The molecular weight excluding hydrogens is 264 g/mol. The number of nitrogens with zero attached hydrogens (tertiary/aromatic N) is 1. The first-order chi connectivity index (χ1) is 8.66. The Kier molecular flexibility index (Phi) is 4.64. The molecule has 18 heavy (non-hydrogen) atoms. The highest BCUT2D eigenvalue weighted by Crippen LogP contribution is 2.27. The third-order valence-corrected chi connectivity index (χ3v) is 4.17. The van der Waals surface area contributed by atoms with Crippen LogP contribution in [0.15, 0.2) is 47.6 Å². The predicted octanol–water partition coefficient (Wildman–Crippen LogP) is 3.84. The second-order valence-electron chi connectivity index (χ2n) is 4.12. The highest BCUT2D eigenvalue weighted by atomic mass is 35.5. The number of aromatic nitrogens is 1. The Hall–Kier alpha value is -1.03. The highest BCUT2D eigenvalue weighted by Gasteiger charge is 2.08. The molecule has 2 nitrogen and oxygen atoms in total. The SMILES string of the molecule is Cc1ccc(C(N)CSc2ncccc2Cl)cc1. The summed E-state index contributed by atoms with van der Waals surface area (Å²) >= 11 is 7.64. The number of hydrogen-bond acceptors (Lipinski definition) is 3. The zero-order valence-corrected chi connectivity index (χ0v) is 11.7.